The number of esters is 1. The number of halogens is 1. The minimum Gasteiger partial charge on any atom is -0.460 e. The largest absolute Gasteiger partial charge is 0.460 e. The zero-order chi connectivity index (χ0) is 55.5. The average Bonchev–Trinajstić information content (AvgIpc) is 4.27. The quantitative estimate of drug-likeness (QED) is 0.0562. The Hall–Kier alpha value is -6.20. The fraction of sp³-hybridized carbons (Fsp3) is 0.541. The van der Waals surface area contributed by atoms with Gasteiger partial charge < -0.3 is 45.0 Å². The van der Waals surface area contributed by atoms with Crippen LogP contribution in [0.5, 0.6) is 0 Å². The minimum atomic E-state index is -0.868. The highest BCUT2D eigenvalue weighted by atomic mass is 79.9. The van der Waals surface area contributed by atoms with E-state index in [0.717, 1.165) is 107 Å². The Balaban J connectivity index is 0.000000219. The van der Waals surface area contributed by atoms with Crippen LogP contribution in [0.2, 0.25) is 0 Å². The second-order valence-corrected chi connectivity index (χ2v) is 22.9. The molecule has 0 spiro atoms. The number of hydrogen-bond donors (Lipinski definition) is 5. The van der Waals surface area contributed by atoms with Crippen LogP contribution >= 0.6 is 15.9 Å². The number of nitrogens with one attached hydrogen (secondary N) is 4. The summed E-state index contributed by atoms with van der Waals surface area (Å²) in [5.41, 5.74) is 4.99. The van der Waals surface area contributed by atoms with Crippen molar-refractivity contribution in [1.82, 2.24) is 35.3 Å². The van der Waals surface area contributed by atoms with E-state index in [4.69, 9.17) is 9.47 Å². The van der Waals surface area contributed by atoms with E-state index in [-0.39, 0.29) is 48.1 Å². The van der Waals surface area contributed by atoms with Gasteiger partial charge in [0.1, 0.15) is 30.8 Å². The van der Waals surface area contributed by atoms with E-state index in [1.165, 1.54) is 25.3 Å². The van der Waals surface area contributed by atoms with Crippen molar-refractivity contribution in [1.29, 1.82) is 0 Å². The van der Waals surface area contributed by atoms with Crippen LogP contribution in [-0.2, 0) is 52.9 Å². The monoisotopic (exact) mass is 1130 g/mol. The predicted octanol–water partition coefficient (Wildman–Crippen LogP) is 9.51. The average molecular weight is 1140 g/mol. The molecule has 5 N–H and O–H groups in total. The molecule has 0 bridgehead atoms. The first-order valence-electron chi connectivity index (χ1n) is 28.4. The van der Waals surface area contributed by atoms with Crippen molar-refractivity contribution in [2.24, 2.45) is 17.8 Å². The van der Waals surface area contributed by atoms with Crippen molar-refractivity contribution < 1.29 is 43.3 Å². The van der Waals surface area contributed by atoms with Gasteiger partial charge in [0.15, 0.2) is 0 Å². The number of benzene rings is 3. The molecule has 0 radical (unpaired) electrons. The van der Waals surface area contributed by atoms with E-state index in [0.29, 0.717) is 38.8 Å². The molecule has 2 aliphatic carbocycles. The Morgan fingerprint density at radius 2 is 1.28 bits per heavy atom. The van der Waals surface area contributed by atoms with Crippen molar-refractivity contribution in [2.45, 2.75) is 173 Å². The van der Waals surface area contributed by atoms with Gasteiger partial charge in [0.25, 0.3) is 0 Å². The zero-order valence-corrected chi connectivity index (χ0v) is 47.6. The summed E-state index contributed by atoms with van der Waals surface area (Å²) in [6, 6.07) is 22.6. The molecular formula is C61H80BrN7O9. The van der Waals surface area contributed by atoms with Gasteiger partial charge in [-0.05, 0) is 115 Å². The molecule has 4 aliphatic rings. The number of aliphatic hydroxyl groups excluding tert-OH is 1. The molecule has 8 atom stereocenters. The maximum atomic E-state index is 14.5. The molecule has 5 amide bonds. The van der Waals surface area contributed by atoms with Gasteiger partial charge in [0, 0.05) is 67.4 Å². The van der Waals surface area contributed by atoms with E-state index < -0.39 is 54.3 Å². The lowest BCUT2D eigenvalue weighted by atomic mass is 9.83. The van der Waals surface area contributed by atoms with E-state index in [2.05, 4.69) is 42.6 Å². The van der Waals surface area contributed by atoms with Crippen LogP contribution in [-0.4, -0.2) is 128 Å². The van der Waals surface area contributed by atoms with E-state index in [9.17, 15) is 33.9 Å². The lowest BCUT2D eigenvalue weighted by molar-refractivity contribution is -0.150. The van der Waals surface area contributed by atoms with Crippen LogP contribution in [0.25, 0.3) is 21.8 Å². The molecular weight excluding hydrogens is 1050 g/mol. The number of aliphatic hydroxyl groups is 1. The molecule has 5 aromatic rings. The van der Waals surface area contributed by atoms with Gasteiger partial charge in [0.2, 0.25) is 23.6 Å². The highest BCUT2D eigenvalue weighted by Gasteiger charge is 2.45. The third-order valence-electron chi connectivity index (χ3n) is 17.0. The zero-order valence-electron chi connectivity index (χ0n) is 46.0. The third-order valence-corrected chi connectivity index (χ3v) is 17.7. The Labute approximate surface area is 467 Å². The number of ether oxygens (including phenoxy) is 2. The number of amides is 5. The van der Waals surface area contributed by atoms with Crippen molar-refractivity contribution in [2.75, 3.05) is 20.1 Å². The van der Waals surface area contributed by atoms with Crippen LogP contribution in [0.4, 0.5) is 4.79 Å². The fourth-order valence-corrected chi connectivity index (χ4v) is 12.7. The lowest BCUT2D eigenvalue weighted by Gasteiger charge is -2.36. The Morgan fingerprint density at radius 3 is 1.91 bits per heavy atom. The first-order valence-corrected chi connectivity index (χ1v) is 29.2. The molecule has 420 valence electrons. The highest BCUT2D eigenvalue weighted by molar-refractivity contribution is 9.10. The van der Waals surface area contributed by atoms with Gasteiger partial charge in [-0.1, -0.05) is 119 Å². The van der Waals surface area contributed by atoms with Crippen molar-refractivity contribution in [3.63, 3.8) is 0 Å². The number of hydrogen-bond acceptors (Lipinski definition) is 9. The van der Waals surface area contributed by atoms with Crippen LogP contribution < -0.4 is 10.6 Å². The normalized spacial score (nSPS) is 21.5. The topological polar surface area (TPSA) is 206 Å². The molecule has 4 fully saturated rings. The minimum absolute atomic E-state index is 0.0186. The molecule has 78 heavy (non-hydrogen) atoms. The molecule has 16 nitrogen and oxygen atoms in total. The molecule has 2 saturated carbocycles. The van der Waals surface area contributed by atoms with E-state index in [1.54, 1.807) is 11.8 Å². The molecule has 2 saturated heterocycles. The highest BCUT2D eigenvalue weighted by Crippen LogP contribution is 2.36. The number of likely N-dealkylation sites (N-methyl/N-ethyl adjacent to an activating group) is 1. The summed E-state index contributed by atoms with van der Waals surface area (Å²) in [6.07, 6.45) is 13.3. The Kier molecular flexibility index (Phi) is 20.1. The molecule has 2 aromatic heterocycles. The van der Waals surface area contributed by atoms with Crippen LogP contribution in [0.15, 0.2) is 89.7 Å². The number of nitrogens with zero attached hydrogens (tertiary/aromatic N) is 3. The van der Waals surface area contributed by atoms with Crippen LogP contribution in [0.3, 0.4) is 0 Å². The second-order valence-electron chi connectivity index (χ2n) is 22.1. The summed E-state index contributed by atoms with van der Waals surface area (Å²) < 4.78 is 12.0. The van der Waals surface area contributed by atoms with Crippen molar-refractivity contribution in [3.8, 4) is 0 Å². The number of para-hydroxylation sites is 2. The number of aromatic amines is 2. The molecule has 9 rings (SSSR count). The van der Waals surface area contributed by atoms with Gasteiger partial charge in [-0.3, -0.25) is 28.9 Å². The molecule has 4 heterocycles. The SMILES string of the molecule is CC(=O)O[C@@H]1CCN(C(=O)[C@@H](NC(=O)[C@H](C)N(C)C(=O)OCc2ccccc2)C2CCCCC2)[C@@H]1Cc1c(Br)[nH]c2ccccc12.CC[C@@H](C)C(=O)N[C@H](C(=O)N1CC[C@@H](O)[C@H]1Cc1c[nH]c2ccccc12)C1CCCCC1. The summed E-state index contributed by atoms with van der Waals surface area (Å²) in [5.74, 6) is -1.03. The maximum absolute atomic E-state index is 14.5. The number of carbonyl (C=O) groups excluding carboxylic acids is 6. The summed E-state index contributed by atoms with van der Waals surface area (Å²) in [5, 5.41) is 19.1. The van der Waals surface area contributed by atoms with Gasteiger partial charge in [0.05, 0.1) is 22.8 Å². The van der Waals surface area contributed by atoms with Gasteiger partial charge in [-0.15, -0.1) is 0 Å². The van der Waals surface area contributed by atoms with Crippen LogP contribution in [0, 0.1) is 17.8 Å². The fourth-order valence-electron chi connectivity index (χ4n) is 12.1. The molecule has 3 aromatic carbocycles. The standard InChI is InChI=1S/C35H43BrN4O6.C26H37N3O3/c1-22(39(3)35(44)45-21-24-12-6-4-7-13-24)33(42)38-31(25-14-8-5-9-15-25)34(43)40-19-18-30(46-23(2)41)29(40)20-27-26-16-10-11-17-28(26)37-32(27)36;1-3-17(2)25(31)28-24(18-9-5-4-6-10-18)26(32)29-14-13-23(30)22(29)15-19-16-27-21-12-8-7-11-20(19)21/h4,6-7,10-13,16-17,22,25,29-31,37H,5,8-9,14-15,18-21H2,1-3H3,(H,38,42);7-8,11-12,16-18,22-24,27,30H,3-6,9-10,13-15H2,1-2H3,(H,28,31)/t22-,29+,30+,31-;17-,22-,23-,24+/m01/s1. The summed E-state index contributed by atoms with van der Waals surface area (Å²) >= 11 is 3.67. The molecule has 17 heteroatoms. The smallest absolute Gasteiger partial charge is 0.410 e. The Morgan fingerprint density at radius 1 is 0.718 bits per heavy atom. The van der Waals surface area contributed by atoms with Crippen molar-refractivity contribution in [3.05, 3.63) is 106 Å². The van der Waals surface area contributed by atoms with Crippen molar-refractivity contribution >= 4 is 73.4 Å². The molecule has 2 aliphatic heterocycles. The number of H-pyrrole nitrogens is 2. The number of likely N-dealkylation sites (tertiary alicyclic amines) is 2. The van der Waals surface area contributed by atoms with Gasteiger partial charge in [-0.25, -0.2) is 4.79 Å². The summed E-state index contributed by atoms with van der Waals surface area (Å²) in [6.45, 7) is 7.96. The third kappa shape index (κ3) is 14.0. The Bertz CT molecular complexity index is 2840. The number of rotatable bonds is 17. The van der Waals surface area contributed by atoms with Gasteiger partial charge >= 0.3 is 12.1 Å². The number of fused-ring (bicyclic) bond motifs is 2. The second kappa shape index (κ2) is 27.1. The van der Waals surface area contributed by atoms with E-state index in [1.807, 2.05) is 97.7 Å². The first kappa shape index (κ1) is 58.0. The predicted molar refractivity (Wildman–Crippen MR) is 304 cm³/mol. The maximum Gasteiger partial charge on any atom is 0.410 e. The lowest BCUT2D eigenvalue weighted by Crippen LogP contribution is -2.58. The van der Waals surface area contributed by atoms with E-state index >= 15 is 0 Å². The first-order chi connectivity index (χ1) is 37.6. The number of aromatic nitrogens is 2. The van der Waals surface area contributed by atoms with Crippen LogP contribution in [0.1, 0.15) is 128 Å². The number of carbonyl (C=O) groups is 6. The molecule has 0 unspecified atom stereocenters. The van der Waals surface area contributed by atoms with Gasteiger partial charge in [-0.2, -0.15) is 0 Å². The summed E-state index contributed by atoms with van der Waals surface area (Å²) in [7, 11) is 1.52. The summed E-state index contributed by atoms with van der Waals surface area (Å²) in [4.78, 5) is 91.3.